The summed E-state index contributed by atoms with van der Waals surface area (Å²) in [7, 11) is 0. The monoisotopic (exact) mass is 613 g/mol. The van der Waals surface area contributed by atoms with Crippen LogP contribution in [0.25, 0.3) is 0 Å². The van der Waals surface area contributed by atoms with Crippen LogP contribution in [0.5, 0.6) is 0 Å². The molecule has 7 rings (SSSR count). The topological polar surface area (TPSA) is 23.6 Å². The van der Waals surface area contributed by atoms with Crippen molar-refractivity contribution >= 4 is 5.91 Å². The molecule has 1 heterocycles. The Labute approximate surface area is 276 Å². The zero-order valence-electron chi connectivity index (χ0n) is 30.2. The molecule has 0 aromatic heterocycles. The van der Waals surface area contributed by atoms with Crippen LogP contribution in [0.4, 0.5) is 0 Å². The van der Waals surface area contributed by atoms with E-state index < -0.39 is 0 Å². The largest absolute Gasteiger partial charge is 0.340 e. The number of hydrogen-bond acceptors (Lipinski definition) is 2. The maximum absolute atomic E-state index is 14.9. The number of carbonyl (C=O) groups is 1. The zero-order valence-corrected chi connectivity index (χ0v) is 30.2. The summed E-state index contributed by atoms with van der Waals surface area (Å²) in [4.78, 5) is 19.8. The quantitative estimate of drug-likeness (QED) is 0.317. The van der Waals surface area contributed by atoms with Gasteiger partial charge in [0.2, 0.25) is 5.91 Å². The van der Waals surface area contributed by atoms with Crippen LogP contribution >= 0.6 is 0 Å². The average molecular weight is 613 g/mol. The molecule has 6 aliphatic rings. The van der Waals surface area contributed by atoms with E-state index in [2.05, 4.69) is 102 Å². The Bertz CT molecular complexity index is 1320. The third-order valence-electron chi connectivity index (χ3n) is 16.5. The molecule has 5 aliphatic carbocycles. The zero-order chi connectivity index (χ0) is 32.0. The minimum absolute atomic E-state index is 0.199. The first-order chi connectivity index (χ1) is 21.2. The predicted octanol–water partition coefficient (Wildman–Crippen LogP) is 9.77. The average Bonchev–Trinajstić information content (AvgIpc) is 3.00. The first-order valence-electron chi connectivity index (χ1n) is 18.9. The molecule has 8 atom stereocenters. The lowest BCUT2D eigenvalue weighted by molar-refractivity contribution is -0.194. The van der Waals surface area contributed by atoms with Crippen molar-refractivity contribution in [2.45, 2.75) is 126 Å². The van der Waals surface area contributed by atoms with Gasteiger partial charge in [-0.05, 0) is 121 Å². The molecule has 1 aromatic carbocycles. The van der Waals surface area contributed by atoms with Gasteiger partial charge < -0.3 is 4.90 Å². The van der Waals surface area contributed by atoms with Crippen LogP contribution in [0, 0.1) is 56.2 Å². The van der Waals surface area contributed by atoms with Gasteiger partial charge in [0.05, 0.1) is 5.41 Å². The smallest absolute Gasteiger partial charge is 0.229 e. The summed E-state index contributed by atoms with van der Waals surface area (Å²) in [5.74, 6) is 3.30. The highest BCUT2D eigenvalue weighted by molar-refractivity contribution is 5.84. The number of fused-ring (bicyclic) bond motifs is 7. The number of hydrogen-bond donors (Lipinski definition) is 0. The van der Waals surface area contributed by atoms with Gasteiger partial charge in [0.15, 0.2) is 0 Å². The molecule has 0 spiro atoms. The highest BCUT2D eigenvalue weighted by atomic mass is 16.2. The summed E-state index contributed by atoms with van der Waals surface area (Å²) in [5.41, 5.74) is 4.56. The number of piperazine rings is 1. The Kier molecular flexibility index (Phi) is 7.60. The molecule has 3 heteroatoms. The van der Waals surface area contributed by atoms with Crippen LogP contribution in [-0.2, 0) is 11.3 Å². The number of benzene rings is 1. The van der Waals surface area contributed by atoms with E-state index in [1.807, 2.05) is 0 Å². The van der Waals surface area contributed by atoms with Gasteiger partial charge in [0.25, 0.3) is 0 Å². The molecular formula is C42H64N2O. The molecule has 1 saturated heterocycles. The fourth-order valence-corrected chi connectivity index (χ4v) is 13.1. The number of nitrogens with zero attached hydrogens (tertiary/aromatic N) is 2. The molecule has 8 unspecified atom stereocenters. The third-order valence-corrected chi connectivity index (χ3v) is 16.5. The van der Waals surface area contributed by atoms with Crippen LogP contribution in [0.1, 0.15) is 125 Å². The van der Waals surface area contributed by atoms with Gasteiger partial charge in [-0.15, -0.1) is 0 Å². The second kappa shape index (κ2) is 10.7. The van der Waals surface area contributed by atoms with E-state index >= 15 is 0 Å². The molecule has 0 bridgehead atoms. The molecular weight excluding hydrogens is 548 g/mol. The van der Waals surface area contributed by atoms with E-state index in [1.165, 1.54) is 56.9 Å². The fraction of sp³-hybridized carbons (Fsp3) is 0.786. The Hall–Kier alpha value is -1.61. The Morgan fingerprint density at radius 3 is 2.20 bits per heavy atom. The van der Waals surface area contributed by atoms with Crippen molar-refractivity contribution in [3.05, 3.63) is 47.5 Å². The van der Waals surface area contributed by atoms with Gasteiger partial charge >= 0.3 is 0 Å². The van der Waals surface area contributed by atoms with Gasteiger partial charge in [-0.1, -0.05) is 97.4 Å². The van der Waals surface area contributed by atoms with Crippen molar-refractivity contribution in [1.29, 1.82) is 0 Å². The van der Waals surface area contributed by atoms with Crippen LogP contribution in [0.15, 0.2) is 42.0 Å². The van der Waals surface area contributed by atoms with Crippen LogP contribution in [0.2, 0.25) is 0 Å². The van der Waals surface area contributed by atoms with E-state index in [4.69, 9.17) is 0 Å². The predicted molar refractivity (Wildman–Crippen MR) is 187 cm³/mol. The van der Waals surface area contributed by atoms with Gasteiger partial charge in [0, 0.05) is 32.7 Å². The number of allylic oxidation sites excluding steroid dienone is 2. The lowest BCUT2D eigenvalue weighted by atomic mass is 9.33. The van der Waals surface area contributed by atoms with Crippen LogP contribution < -0.4 is 0 Å². The van der Waals surface area contributed by atoms with Crippen LogP contribution in [-0.4, -0.2) is 41.9 Å². The lowest BCUT2D eigenvalue weighted by Crippen LogP contribution is -2.65. The summed E-state index contributed by atoms with van der Waals surface area (Å²) >= 11 is 0. The van der Waals surface area contributed by atoms with Crippen molar-refractivity contribution in [1.82, 2.24) is 9.80 Å². The fourth-order valence-electron chi connectivity index (χ4n) is 13.1. The minimum atomic E-state index is -0.199. The minimum Gasteiger partial charge on any atom is -0.340 e. The van der Waals surface area contributed by atoms with Crippen LogP contribution in [0.3, 0.4) is 0 Å². The Morgan fingerprint density at radius 1 is 0.800 bits per heavy atom. The first kappa shape index (κ1) is 32.0. The number of carbonyl (C=O) groups excluding carboxylic acids is 1. The molecule has 0 N–H and O–H groups in total. The van der Waals surface area contributed by atoms with Crippen molar-refractivity contribution < 1.29 is 4.79 Å². The molecule has 5 fully saturated rings. The SMILES string of the molecule is CC1CCC2(C)C(CCC3(C)C2CC=C2C4CC(C)(C)CCC4(C(=O)N4CCN(Cc5ccccc5)CC4)CCC23C)C1(C)C. The summed E-state index contributed by atoms with van der Waals surface area (Å²) in [6.07, 6.45) is 15.3. The molecule has 45 heavy (non-hydrogen) atoms. The second-order valence-corrected chi connectivity index (χ2v) is 19.2. The standard InChI is InChI=1S/C42H64N2O/c1-30-16-18-39(6)34(38(30,4)5)17-19-41(8)35(39)15-14-32-33-28-37(2,3)20-22-42(33,23-21-40(32,41)7)36(45)44-26-24-43(25-27-44)29-31-12-10-9-11-13-31/h9-14,30,33-35H,15-29H2,1-8H3. The van der Waals surface area contributed by atoms with E-state index in [0.29, 0.717) is 33.5 Å². The second-order valence-electron chi connectivity index (χ2n) is 19.2. The van der Waals surface area contributed by atoms with E-state index in [0.717, 1.165) is 63.3 Å². The number of amides is 1. The van der Waals surface area contributed by atoms with Gasteiger partial charge in [-0.2, -0.15) is 0 Å². The molecule has 248 valence electrons. The lowest BCUT2D eigenvalue weighted by Gasteiger charge is -2.71. The highest BCUT2D eigenvalue weighted by Gasteiger charge is 2.69. The van der Waals surface area contributed by atoms with Crippen molar-refractivity contribution in [3.8, 4) is 0 Å². The van der Waals surface area contributed by atoms with Crippen molar-refractivity contribution in [2.75, 3.05) is 26.2 Å². The van der Waals surface area contributed by atoms with E-state index in [1.54, 1.807) is 5.57 Å². The molecule has 4 saturated carbocycles. The Morgan fingerprint density at radius 2 is 1.49 bits per heavy atom. The van der Waals surface area contributed by atoms with E-state index in [9.17, 15) is 4.79 Å². The molecule has 0 radical (unpaired) electrons. The third kappa shape index (κ3) is 4.69. The summed E-state index contributed by atoms with van der Waals surface area (Å²) in [6.45, 7) is 25.6. The summed E-state index contributed by atoms with van der Waals surface area (Å²) < 4.78 is 0. The maximum atomic E-state index is 14.9. The molecule has 1 aliphatic heterocycles. The summed E-state index contributed by atoms with van der Waals surface area (Å²) in [5, 5.41) is 0. The van der Waals surface area contributed by atoms with Gasteiger partial charge in [-0.25, -0.2) is 0 Å². The number of rotatable bonds is 3. The first-order valence-corrected chi connectivity index (χ1v) is 18.9. The van der Waals surface area contributed by atoms with Gasteiger partial charge in [-0.3, -0.25) is 9.69 Å². The van der Waals surface area contributed by atoms with Gasteiger partial charge in [0.1, 0.15) is 0 Å². The highest BCUT2D eigenvalue weighted by Crippen LogP contribution is 2.76. The summed E-state index contributed by atoms with van der Waals surface area (Å²) in [6, 6.07) is 10.8. The van der Waals surface area contributed by atoms with Crippen molar-refractivity contribution in [2.24, 2.45) is 56.2 Å². The van der Waals surface area contributed by atoms with E-state index in [-0.39, 0.29) is 10.8 Å². The normalized spacial score (nSPS) is 44.1. The van der Waals surface area contributed by atoms with Crippen molar-refractivity contribution in [3.63, 3.8) is 0 Å². The molecule has 3 nitrogen and oxygen atoms in total. The molecule has 1 aromatic rings. The maximum Gasteiger partial charge on any atom is 0.229 e. The Balaban J connectivity index is 1.18. The molecule has 1 amide bonds.